The second kappa shape index (κ2) is 10.4. The van der Waals surface area contributed by atoms with Gasteiger partial charge in [-0.1, -0.05) is 6.08 Å². The van der Waals surface area contributed by atoms with Crippen LogP contribution in [0.15, 0.2) is 54.0 Å². The second-order valence-electron chi connectivity index (χ2n) is 4.69. The molecule has 26 heavy (non-hydrogen) atoms. The number of anilines is 1. The molecule has 0 aromatic heterocycles. The lowest BCUT2D eigenvalue weighted by atomic mass is 10.3. The molecule has 0 aliphatic rings. The SMILES string of the molecule is C=CCNS(=O)(=O)c1ccc(NC(=S)NC(=O)C=CC(=O)OCC)cc1. The molecule has 8 nitrogen and oxygen atoms in total. The van der Waals surface area contributed by atoms with Gasteiger partial charge < -0.3 is 10.1 Å². The van der Waals surface area contributed by atoms with Crippen LogP contribution >= 0.6 is 12.2 Å². The number of amides is 1. The zero-order chi connectivity index (χ0) is 19.6. The van der Waals surface area contributed by atoms with Crippen LogP contribution in [0.4, 0.5) is 5.69 Å². The van der Waals surface area contributed by atoms with E-state index in [2.05, 4.69) is 26.7 Å². The minimum atomic E-state index is -3.61. The summed E-state index contributed by atoms with van der Waals surface area (Å²) in [4.78, 5) is 22.8. The fourth-order valence-corrected chi connectivity index (χ4v) is 2.84. The highest BCUT2D eigenvalue weighted by Crippen LogP contribution is 2.13. The maximum atomic E-state index is 11.9. The van der Waals surface area contributed by atoms with Crippen LogP contribution in [0.2, 0.25) is 0 Å². The van der Waals surface area contributed by atoms with E-state index < -0.39 is 21.9 Å². The van der Waals surface area contributed by atoms with E-state index in [1.807, 2.05) is 0 Å². The Balaban J connectivity index is 2.61. The number of hydrogen-bond donors (Lipinski definition) is 3. The van der Waals surface area contributed by atoms with Crippen molar-refractivity contribution in [3.05, 3.63) is 49.1 Å². The molecule has 1 aromatic rings. The largest absolute Gasteiger partial charge is 0.463 e. The Hall–Kier alpha value is -2.56. The third-order valence-corrected chi connectivity index (χ3v) is 4.38. The van der Waals surface area contributed by atoms with E-state index >= 15 is 0 Å². The monoisotopic (exact) mass is 397 g/mol. The van der Waals surface area contributed by atoms with Gasteiger partial charge in [-0.05, 0) is 43.4 Å². The Morgan fingerprint density at radius 3 is 2.46 bits per heavy atom. The number of esters is 1. The van der Waals surface area contributed by atoms with Crippen LogP contribution in [-0.2, 0) is 24.3 Å². The number of rotatable bonds is 8. The first kappa shape index (κ1) is 21.5. The lowest BCUT2D eigenvalue weighted by molar-refractivity contribution is -0.137. The molecule has 0 saturated carbocycles. The number of hydrogen-bond acceptors (Lipinski definition) is 6. The molecule has 3 N–H and O–H groups in total. The van der Waals surface area contributed by atoms with Gasteiger partial charge in [0.25, 0.3) is 0 Å². The van der Waals surface area contributed by atoms with Gasteiger partial charge in [0.05, 0.1) is 11.5 Å². The summed E-state index contributed by atoms with van der Waals surface area (Å²) in [6.07, 6.45) is 3.41. The molecule has 0 unspecified atom stereocenters. The number of nitrogens with one attached hydrogen (secondary N) is 3. The number of sulfonamides is 1. The fraction of sp³-hybridized carbons (Fsp3) is 0.188. The third-order valence-electron chi connectivity index (χ3n) is 2.73. The molecule has 0 aliphatic heterocycles. The molecule has 1 aromatic carbocycles. The Morgan fingerprint density at radius 1 is 1.23 bits per heavy atom. The van der Waals surface area contributed by atoms with Crippen LogP contribution in [0.3, 0.4) is 0 Å². The second-order valence-corrected chi connectivity index (χ2v) is 6.87. The van der Waals surface area contributed by atoms with Gasteiger partial charge in [-0.3, -0.25) is 10.1 Å². The van der Waals surface area contributed by atoms with Gasteiger partial charge in [-0.15, -0.1) is 6.58 Å². The van der Waals surface area contributed by atoms with Crippen LogP contribution in [-0.4, -0.2) is 38.6 Å². The van der Waals surface area contributed by atoms with Crippen molar-refractivity contribution in [3.8, 4) is 0 Å². The maximum Gasteiger partial charge on any atom is 0.330 e. The Morgan fingerprint density at radius 2 is 1.88 bits per heavy atom. The van der Waals surface area contributed by atoms with Gasteiger partial charge in [0.15, 0.2) is 5.11 Å². The average Bonchev–Trinajstić information content (AvgIpc) is 2.59. The number of thiocarbonyl (C=S) groups is 1. The Kier molecular flexibility index (Phi) is 8.62. The first-order chi connectivity index (χ1) is 12.3. The molecule has 0 radical (unpaired) electrons. The smallest absolute Gasteiger partial charge is 0.330 e. The summed E-state index contributed by atoms with van der Waals surface area (Å²) >= 11 is 4.97. The lowest BCUT2D eigenvalue weighted by Crippen LogP contribution is -2.33. The maximum absolute atomic E-state index is 11.9. The molecule has 0 bridgehead atoms. The Bertz CT molecular complexity index is 802. The van der Waals surface area contributed by atoms with Crippen LogP contribution in [0.5, 0.6) is 0 Å². The van der Waals surface area contributed by atoms with Gasteiger partial charge in [-0.25, -0.2) is 17.9 Å². The van der Waals surface area contributed by atoms with Crippen molar-refractivity contribution in [2.24, 2.45) is 0 Å². The zero-order valence-corrected chi connectivity index (χ0v) is 15.7. The van der Waals surface area contributed by atoms with Gasteiger partial charge in [-0.2, -0.15) is 0 Å². The number of carbonyl (C=O) groups excluding carboxylic acids is 2. The standard InChI is InChI=1S/C16H19N3O5S2/c1-3-11-17-26(22,23)13-7-5-12(6-8-13)18-16(25)19-14(20)9-10-15(21)24-4-2/h3,5-10,17H,1,4,11H2,2H3,(H2,18,19,20,25). The van der Waals surface area contributed by atoms with Crippen molar-refractivity contribution in [2.75, 3.05) is 18.5 Å². The van der Waals surface area contributed by atoms with E-state index in [1.165, 1.54) is 30.3 Å². The normalized spacial score (nSPS) is 11.0. The molecular weight excluding hydrogens is 378 g/mol. The minimum Gasteiger partial charge on any atom is -0.463 e. The Labute approximate surface area is 157 Å². The van der Waals surface area contributed by atoms with Gasteiger partial charge >= 0.3 is 5.97 Å². The van der Waals surface area contributed by atoms with E-state index in [9.17, 15) is 18.0 Å². The van der Waals surface area contributed by atoms with Crippen molar-refractivity contribution in [2.45, 2.75) is 11.8 Å². The summed E-state index contributed by atoms with van der Waals surface area (Å²) in [7, 11) is -3.61. The molecular formula is C16H19N3O5S2. The average molecular weight is 397 g/mol. The molecule has 0 spiro atoms. The number of carbonyl (C=O) groups is 2. The van der Waals surface area contributed by atoms with Gasteiger partial charge in [0.2, 0.25) is 15.9 Å². The van der Waals surface area contributed by atoms with Crippen molar-refractivity contribution < 1.29 is 22.7 Å². The third kappa shape index (κ3) is 7.55. The predicted molar refractivity (Wildman–Crippen MR) is 102 cm³/mol. The molecule has 1 amide bonds. The van der Waals surface area contributed by atoms with Crippen LogP contribution in [0.1, 0.15) is 6.92 Å². The molecule has 0 saturated heterocycles. The quantitative estimate of drug-likeness (QED) is 0.260. The van der Waals surface area contributed by atoms with E-state index in [-0.39, 0.29) is 23.2 Å². The van der Waals surface area contributed by atoms with Gasteiger partial charge in [0, 0.05) is 24.4 Å². The van der Waals surface area contributed by atoms with Crippen molar-refractivity contribution in [1.82, 2.24) is 10.0 Å². The highest BCUT2D eigenvalue weighted by Gasteiger charge is 2.12. The molecule has 10 heteroatoms. The zero-order valence-electron chi connectivity index (χ0n) is 14.0. The van der Waals surface area contributed by atoms with Crippen LogP contribution in [0.25, 0.3) is 0 Å². The molecule has 1 rings (SSSR count). The highest BCUT2D eigenvalue weighted by molar-refractivity contribution is 7.89. The van der Waals surface area contributed by atoms with Crippen molar-refractivity contribution >= 4 is 44.9 Å². The first-order valence-electron chi connectivity index (χ1n) is 7.46. The minimum absolute atomic E-state index is 0.0103. The summed E-state index contributed by atoms with van der Waals surface area (Å²) < 4.78 is 30.9. The van der Waals surface area contributed by atoms with Crippen molar-refractivity contribution in [1.29, 1.82) is 0 Å². The fourth-order valence-electron chi connectivity index (χ4n) is 1.62. The predicted octanol–water partition coefficient (Wildman–Crippen LogP) is 1.08. The van der Waals surface area contributed by atoms with E-state index in [1.54, 1.807) is 6.92 Å². The van der Waals surface area contributed by atoms with E-state index in [4.69, 9.17) is 12.2 Å². The van der Waals surface area contributed by atoms with Gasteiger partial charge in [0.1, 0.15) is 0 Å². The summed E-state index contributed by atoms with van der Waals surface area (Å²) in [5.74, 6) is -1.24. The number of benzene rings is 1. The molecule has 0 fully saturated rings. The molecule has 0 aliphatic carbocycles. The summed E-state index contributed by atoms with van der Waals surface area (Å²) in [5, 5.41) is 5.06. The molecule has 0 atom stereocenters. The summed E-state index contributed by atoms with van der Waals surface area (Å²) in [6, 6.07) is 5.77. The summed E-state index contributed by atoms with van der Waals surface area (Å²) in [5.41, 5.74) is 0.479. The van der Waals surface area contributed by atoms with Crippen LogP contribution < -0.4 is 15.4 Å². The summed E-state index contributed by atoms with van der Waals surface area (Å²) in [6.45, 7) is 5.42. The lowest BCUT2D eigenvalue weighted by Gasteiger charge is -2.09. The molecule has 0 heterocycles. The number of ether oxygens (including phenoxy) is 1. The van der Waals surface area contributed by atoms with E-state index in [0.717, 1.165) is 12.2 Å². The highest BCUT2D eigenvalue weighted by atomic mass is 32.2. The molecule has 140 valence electrons. The van der Waals surface area contributed by atoms with Crippen LogP contribution in [0, 0.1) is 0 Å². The topological polar surface area (TPSA) is 114 Å². The first-order valence-corrected chi connectivity index (χ1v) is 9.35. The van der Waals surface area contributed by atoms with Crippen molar-refractivity contribution in [3.63, 3.8) is 0 Å². The van der Waals surface area contributed by atoms with E-state index in [0.29, 0.717) is 5.69 Å².